The summed E-state index contributed by atoms with van der Waals surface area (Å²) in [4.78, 5) is 17.9. The van der Waals surface area contributed by atoms with E-state index in [9.17, 15) is 13.6 Å². The number of halogens is 2. The molecule has 1 saturated heterocycles. The third kappa shape index (κ3) is 4.33. The minimum Gasteiger partial charge on any atom is -0.433 e. The van der Waals surface area contributed by atoms with E-state index < -0.39 is 23.5 Å². The lowest BCUT2D eigenvalue weighted by Crippen LogP contribution is -2.48. The van der Waals surface area contributed by atoms with E-state index in [2.05, 4.69) is 15.2 Å². The number of hydrogen-bond donors (Lipinski definition) is 1. The molecule has 0 saturated carbocycles. The number of ether oxygens (including phenoxy) is 2. The van der Waals surface area contributed by atoms with Crippen LogP contribution in [0.4, 0.5) is 8.78 Å². The molecule has 1 atom stereocenters. The van der Waals surface area contributed by atoms with Crippen molar-refractivity contribution in [1.82, 2.24) is 15.2 Å². The van der Waals surface area contributed by atoms with Gasteiger partial charge in [0, 0.05) is 38.9 Å². The first-order valence-electron chi connectivity index (χ1n) is 8.19. The molecule has 1 amide bonds. The summed E-state index contributed by atoms with van der Waals surface area (Å²) < 4.78 is 37.9. The Labute approximate surface area is 149 Å². The van der Waals surface area contributed by atoms with E-state index in [1.807, 2.05) is 0 Å². The molecule has 1 aliphatic rings. The van der Waals surface area contributed by atoms with Crippen LogP contribution in [-0.2, 0) is 16.1 Å². The minimum absolute atomic E-state index is 0.1000. The summed E-state index contributed by atoms with van der Waals surface area (Å²) in [5, 5.41) is 2.58. The third-order valence-corrected chi connectivity index (χ3v) is 4.02. The van der Waals surface area contributed by atoms with Gasteiger partial charge in [0.25, 0.3) is 0 Å². The van der Waals surface area contributed by atoms with Gasteiger partial charge < -0.3 is 14.8 Å². The highest BCUT2D eigenvalue weighted by molar-refractivity contribution is 5.80. The van der Waals surface area contributed by atoms with Gasteiger partial charge in [-0.1, -0.05) is 12.1 Å². The Morgan fingerprint density at radius 3 is 2.77 bits per heavy atom. The van der Waals surface area contributed by atoms with E-state index in [1.54, 1.807) is 25.4 Å². The molecule has 0 bridgehead atoms. The normalized spacial score (nSPS) is 17.7. The average molecular weight is 363 g/mol. The summed E-state index contributed by atoms with van der Waals surface area (Å²) in [6.45, 7) is 2.24. The van der Waals surface area contributed by atoms with Crippen LogP contribution >= 0.6 is 0 Å². The van der Waals surface area contributed by atoms with Gasteiger partial charge in [0.2, 0.25) is 17.5 Å². The Kier molecular flexibility index (Phi) is 5.75. The maximum absolute atomic E-state index is 13.6. The van der Waals surface area contributed by atoms with E-state index in [4.69, 9.17) is 9.47 Å². The lowest BCUT2D eigenvalue weighted by Gasteiger charge is -2.31. The summed E-state index contributed by atoms with van der Waals surface area (Å²) in [6.07, 6.45) is 1.09. The molecule has 2 aromatic rings. The third-order valence-electron chi connectivity index (χ3n) is 4.02. The van der Waals surface area contributed by atoms with Crippen molar-refractivity contribution in [1.29, 1.82) is 0 Å². The van der Waals surface area contributed by atoms with Crippen LogP contribution in [0.15, 0.2) is 36.5 Å². The predicted molar refractivity (Wildman–Crippen MR) is 89.8 cm³/mol. The molecule has 26 heavy (non-hydrogen) atoms. The maximum atomic E-state index is 13.6. The first-order chi connectivity index (χ1) is 12.6. The van der Waals surface area contributed by atoms with Crippen molar-refractivity contribution in [3.63, 3.8) is 0 Å². The zero-order valence-electron chi connectivity index (χ0n) is 14.2. The molecule has 2 heterocycles. The number of amides is 1. The number of para-hydroxylation sites is 1. The van der Waals surface area contributed by atoms with Crippen LogP contribution in [0.25, 0.3) is 0 Å². The van der Waals surface area contributed by atoms with Crippen molar-refractivity contribution in [2.75, 3.05) is 26.7 Å². The van der Waals surface area contributed by atoms with Crippen molar-refractivity contribution >= 4 is 5.91 Å². The van der Waals surface area contributed by atoms with Gasteiger partial charge >= 0.3 is 0 Å². The number of hydrogen-bond acceptors (Lipinski definition) is 5. The van der Waals surface area contributed by atoms with Gasteiger partial charge in [-0.05, 0) is 17.7 Å². The van der Waals surface area contributed by atoms with Crippen LogP contribution in [0.2, 0.25) is 0 Å². The number of morpholine rings is 1. The Hall–Kier alpha value is -2.58. The van der Waals surface area contributed by atoms with Gasteiger partial charge in [-0.3, -0.25) is 9.69 Å². The highest BCUT2D eigenvalue weighted by atomic mass is 19.1. The minimum atomic E-state index is -0.788. The summed E-state index contributed by atoms with van der Waals surface area (Å²) in [5.41, 5.74) is 0.893. The zero-order valence-corrected chi connectivity index (χ0v) is 14.2. The molecule has 1 N–H and O–H groups in total. The number of carbonyl (C=O) groups is 1. The smallest absolute Gasteiger partial charge is 0.250 e. The van der Waals surface area contributed by atoms with Crippen LogP contribution in [0.1, 0.15) is 5.56 Å². The van der Waals surface area contributed by atoms with Gasteiger partial charge in [-0.2, -0.15) is 0 Å². The molecule has 1 aliphatic heterocycles. The van der Waals surface area contributed by atoms with Crippen LogP contribution in [0.3, 0.4) is 0 Å². The lowest BCUT2D eigenvalue weighted by atomic mass is 10.2. The fourth-order valence-electron chi connectivity index (χ4n) is 2.67. The molecule has 0 aliphatic carbocycles. The van der Waals surface area contributed by atoms with Crippen molar-refractivity contribution in [3.05, 3.63) is 53.7 Å². The number of nitrogens with zero attached hydrogens (tertiary/aromatic N) is 2. The number of carbonyl (C=O) groups excluding carboxylic acids is 1. The van der Waals surface area contributed by atoms with Crippen LogP contribution in [0.5, 0.6) is 11.6 Å². The Bertz CT molecular complexity index is 751. The van der Waals surface area contributed by atoms with Crippen molar-refractivity contribution in [2.45, 2.75) is 12.6 Å². The number of likely N-dealkylation sites (N-methyl/N-ethyl adjacent to an activating group) is 1. The van der Waals surface area contributed by atoms with E-state index >= 15 is 0 Å². The molecule has 0 unspecified atom stereocenters. The fourth-order valence-corrected chi connectivity index (χ4v) is 2.67. The molecule has 1 aromatic heterocycles. The summed E-state index contributed by atoms with van der Waals surface area (Å²) in [5.74, 6) is -2.10. The van der Waals surface area contributed by atoms with Gasteiger partial charge in [0.05, 0.1) is 6.61 Å². The monoisotopic (exact) mass is 363 g/mol. The van der Waals surface area contributed by atoms with Crippen molar-refractivity contribution in [2.24, 2.45) is 0 Å². The zero-order chi connectivity index (χ0) is 18.5. The highest BCUT2D eigenvalue weighted by Crippen LogP contribution is 2.26. The Balaban J connectivity index is 1.62. The molecule has 0 radical (unpaired) electrons. The second-order valence-corrected chi connectivity index (χ2v) is 5.87. The largest absolute Gasteiger partial charge is 0.433 e. The van der Waals surface area contributed by atoms with Gasteiger partial charge in [0.1, 0.15) is 6.10 Å². The van der Waals surface area contributed by atoms with Crippen LogP contribution in [-0.4, -0.2) is 48.6 Å². The van der Waals surface area contributed by atoms with E-state index in [1.165, 1.54) is 6.07 Å². The second kappa shape index (κ2) is 8.20. The van der Waals surface area contributed by atoms with Gasteiger partial charge in [0.15, 0.2) is 11.6 Å². The Morgan fingerprint density at radius 2 is 2.12 bits per heavy atom. The number of nitrogens with one attached hydrogen (secondary N) is 1. The molecule has 8 heteroatoms. The molecule has 0 spiro atoms. The molecular weight excluding hydrogens is 344 g/mol. The SMILES string of the molecule is CNC(=O)[C@@H]1CN(Cc2ccc(Oc3c(F)cccc3F)nc2)CCO1. The molecule has 1 aromatic carbocycles. The topological polar surface area (TPSA) is 63.7 Å². The predicted octanol–water partition coefficient (Wildman–Crippen LogP) is 2.10. The molecular formula is C18H19F2N3O3. The quantitative estimate of drug-likeness (QED) is 0.881. The number of pyridine rings is 1. The molecule has 1 fully saturated rings. The maximum Gasteiger partial charge on any atom is 0.250 e. The lowest BCUT2D eigenvalue weighted by molar-refractivity contribution is -0.138. The molecule has 138 valence electrons. The van der Waals surface area contributed by atoms with Crippen molar-refractivity contribution in [3.8, 4) is 11.6 Å². The highest BCUT2D eigenvalue weighted by Gasteiger charge is 2.25. The van der Waals surface area contributed by atoms with Gasteiger partial charge in [-0.15, -0.1) is 0 Å². The average Bonchev–Trinajstić information content (AvgIpc) is 2.66. The van der Waals surface area contributed by atoms with Crippen LogP contribution in [0, 0.1) is 11.6 Å². The summed E-state index contributed by atoms with van der Waals surface area (Å²) >= 11 is 0. The standard InChI is InChI=1S/C18H19F2N3O3/c1-21-18(24)15-11-23(7-8-25-15)10-12-5-6-16(22-9-12)26-17-13(19)3-2-4-14(17)20/h2-6,9,15H,7-8,10-11H2,1H3,(H,21,24)/t15-/m0/s1. The van der Waals surface area contributed by atoms with E-state index in [0.717, 1.165) is 17.7 Å². The van der Waals surface area contributed by atoms with Gasteiger partial charge in [-0.25, -0.2) is 13.8 Å². The number of benzene rings is 1. The van der Waals surface area contributed by atoms with Crippen molar-refractivity contribution < 1.29 is 23.0 Å². The Morgan fingerprint density at radius 1 is 1.35 bits per heavy atom. The summed E-state index contributed by atoms with van der Waals surface area (Å²) in [6, 6.07) is 6.83. The van der Waals surface area contributed by atoms with Crippen LogP contribution < -0.4 is 10.1 Å². The molecule has 6 nitrogen and oxygen atoms in total. The number of rotatable bonds is 5. The van der Waals surface area contributed by atoms with E-state index in [-0.39, 0.29) is 11.8 Å². The fraction of sp³-hybridized carbons (Fsp3) is 0.333. The first-order valence-corrected chi connectivity index (χ1v) is 8.19. The first kappa shape index (κ1) is 18.2. The second-order valence-electron chi connectivity index (χ2n) is 5.87. The number of aromatic nitrogens is 1. The summed E-state index contributed by atoms with van der Waals surface area (Å²) in [7, 11) is 1.58. The van der Waals surface area contributed by atoms with E-state index in [0.29, 0.717) is 26.2 Å². The molecule has 3 rings (SSSR count).